The number of ether oxygens (including phenoxy) is 1. The molecule has 1 aliphatic carbocycles. The van der Waals surface area contributed by atoms with E-state index in [2.05, 4.69) is 20.3 Å². The van der Waals surface area contributed by atoms with Gasteiger partial charge in [0.25, 0.3) is 0 Å². The van der Waals surface area contributed by atoms with Crippen molar-refractivity contribution in [2.45, 2.75) is 33.1 Å². The Morgan fingerprint density at radius 1 is 1.23 bits per heavy atom. The molecule has 0 aromatic rings. The standard InChI is InChI=1S/C14H30N4O3S/c1-3-15-14(17-9-10-18-22(19,20)4-2)16-8-5-11-21-12-13-6-7-13/h13,18H,3-12H2,1-2H3,(H2,15,16,17). The molecule has 22 heavy (non-hydrogen) atoms. The summed E-state index contributed by atoms with van der Waals surface area (Å²) in [5.74, 6) is 1.61. The Balaban J connectivity index is 2.11. The zero-order valence-electron chi connectivity index (χ0n) is 13.7. The second-order valence-corrected chi connectivity index (χ2v) is 7.45. The van der Waals surface area contributed by atoms with Crippen LogP contribution in [0.4, 0.5) is 0 Å². The summed E-state index contributed by atoms with van der Waals surface area (Å²) in [6.45, 7) is 7.57. The van der Waals surface area contributed by atoms with E-state index in [-0.39, 0.29) is 5.75 Å². The van der Waals surface area contributed by atoms with E-state index in [0.29, 0.717) is 25.6 Å². The molecule has 0 bridgehead atoms. The number of guanidine groups is 1. The molecule has 0 aliphatic heterocycles. The van der Waals surface area contributed by atoms with Crippen molar-refractivity contribution in [2.24, 2.45) is 10.9 Å². The van der Waals surface area contributed by atoms with Crippen LogP contribution in [0.25, 0.3) is 0 Å². The van der Waals surface area contributed by atoms with Crippen molar-refractivity contribution in [1.82, 2.24) is 15.4 Å². The number of sulfonamides is 1. The van der Waals surface area contributed by atoms with Gasteiger partial charge in [-0.3, -0.25) is 4.99 Å². The molecule has 0 spiro atoms. The van der Waals surface area contributed by atoms with E-state index in [1.807, 2.05) is 6.92 Å². The van der Waals surface area contributed by atoms with Gasteiger partial charge in [-0.15, -0.1) is 0 Å². The van der Waals surface area contributed by atoms with Gasteiger partial charge in [-0.2, -0.15) is 0 Å². The lowest BCUT2D eigenvalue weighted by molar-refractivity contribution is 0.123. The van der Waals surface area contributed by atoms with Crippen molar-refractivity contribution in [3.63, 3.8) is 0 Å². The fourth-order valence-corrected chi connectivity index (χ4v) is 2.34. The minimum absolute atomic E-state index is 0.0992. The normalized spacial score (nSPS) is 15.8. The van der Waals surface area contributed by atoms with Crippen molar-refractivity contribution in [3.05, 3.63) is 0 Å². The molecule has 0 radical (unpaired) electrons. The monoisotopic (exact) mass is 334 g/mol. The van der Waals surface area contributed by atoms with Crippen LogP contribution in [0.2, 0.25) is 0 Å². The van der Waals surface area contributed by atoms with Gasteiger partial charge in [0.05, 0.1) is 5.75 Å². The quantitative estimate of drug-likeness (QED) is 0.271. The van der Waals surface area contributed by atoms with E-state index >= 15 is 0 Å². The first-order valence-corrected chi connectivity index (χ1v) is 9.80. The van der Waals surface area contributed by atoms with Gasteiger partial charge in [0.15, 0.2) is 5.96 Å². The maximum atomic E-state index is 11.3. The predicted octanol–water partition coefficient (Wildman–Crippen LogP) is 0.298. The minimum Gasteiger partial charge on any atom is -0.381 e. The highest BCUT2D eigenvalue weighted by Crippen LogP contribution is 2.28. The van der Waals surface area contributed by atoms with Crippen LogP contribution < -0.4 is 15.4 Å². The molecule has 0 saturated heterocycles. The summed E-state index contributed by atoms with van der Waals surface area (Å²) < 4.78 is 30.7. The highest BCUT2D eigenvalue weighted by Gasteiger charge is 2.20. The molecule has 1 saturated carbocycles. The van der Waals surface area contributed by atoms with Gasteiger partial charge >= 0.3 is 0 Å². The smallest absolute Gasteiger partial charge is 0.211 e. The Morgan fingerprint density at radius 3 is 2.64 bits per heavy atom. The van der Waals surface area contributed by atoms with Crippen LogP contribution in [0, 0.1) is 5.92 Å². The molecule has 7 nitrogen and oxygen atoms in total. The molecule has 1 rings (SSSR count). The van der Waals surface area contributed by atoms with Gasteiger partial charge in [-0.05, 0) is 39.0 Å². The van der Waals surface area contributed by atoms with Crippen molar-refractivity contribution in [2.75, 3.05) is 45.1 Å². The Morgan fingerprint density at radius 2 is 2.00 bits per heavy atom. The number of nitrogens with one attached hydrogen (secondary N) is 3. The van der Waals surface area contributed by atoms with Crippen LogP contribution in [-0.2, 0) is 14.8 Å². The fraction of sp³-hybridized carbons (Fsp3) is 0.929. The molecule has 0 aromatic heterocycles. The lowest BCUT2D eigenvalue weighted by atomic mass is 10.4. The van der Waals surface area contributed by atoms with E-state index in [1.54, 1.807) is 6.92 Å². The SMILES string of the molecule is CCNC(=NCCCOCC1CC1)NCCNS(=O)(=O)CC. The third-order valence-electron chi connectivity index (χ3n) is 3.23. The first-order valence-electron chi connectivity index (χ1n) is 8.14. The summed E-state index contributed by atoms with van der Waals surface area (Å²) in [6, 6.07) is 0. The predicted molar refractivity (Wildman–Crippen MR) is 89.6 cm³/mol. The Hall–Kier alpha value is -0.860. The van der Waals surface area contributed by atoms with Gasteiger partial charge < -0.3 is 15.4 Å². The minimum atomic E-state index is -3.13. The largest absolute Gasteiger partial charge is 0.381 e. The second-order valence-electron chi connectivity index (χ2n) is 5.36. The average Bonchev–Trinajstić information content (AvgIpc) is 3.31. The van der Waals surface area contributed by atoms with E-state index in [4.69, 9.17) is 4.74 Å². The highest BCUT2D eigenvalue weighted by atomic mass is 32.2. The zero-order valence-corrected chi connectivity index (χ0v) is 14.5. The zero-order chi connectivity index (χ0) is 16.3. The van der Waals surface area contributed by atoms with E-state index in [9.17, 15) is 8.42 Å². The summed E-state index contributed by atoms with van der Waals surface area (Å²) in [5.41, 5.74) is 0. The van der Waals surface area contributed by atoms with Crippen LogP contribution in [0.5, 0.6) is 0 Å². The van der Waals surface area contributed by atoms with Crippen LogP contribution >= 0.6 is 0 Å². The molecule has 8 heteroatoms. The van der Waals surface area contributed by atoms with Gasteiger partial charge in [-0.1, -0.05) is 0 Å². The fourth-order valence-electron chi connectivity index (χ4n) is 1.72. The van der Waals surface area contributed by atoms with E-state index in [1.165, 1.54) is 12.8 Å². The van der Waals surface area contributed by atoms with Crippen LogP contribution in [0.15, 0.2) is 4.99 Å². The summed E-state index contributed by atoms with van der Waals surface area (Å²) in [6.07, 6.45) is 3.52. The molecule has 1 fully saturated rings. The van der Waals surface area contributed by atoms with Crippen molar-refractivity contribution < 1.29 is 13.2 Å². The van der Waals surface area contributed by atoms with E-state index in [0.717, 1.165) is 32.1 Å². The van der Waals surface area contributed by atoms with Crippen LogP contribution in [0.3, 0.4) is 0 Å². The Kier molecular flexibility index (Phi) is 9.42. The number of hydrogen-bond acceptors (Lipinski definition) is 4. The van der Waals surface area contributed by atoms with Crippen molar-refractivity contribution in [1.29, 1.82) is 0 Å². The van der Waals surface area contributed by atoms with Gasteiger partial charge in [0.2, 0.25) is 10.0 Å². The third kappa shape index (κ3) is 9.97. The molecule has 0 aromatic carbocycles. The number of rotatable bonds is 12. The molecule has 1 aliphatic rings. The van der Waals surface area contributed by atoms with Gasteiger partial charge in [-0.25, -0.2) is 13.1 Å². The summed E-state index contributed by atoms with van der Waals surface area (Å²) >= 11 is 0. The molecule has 0 unspecified atom stereocenters. The lowest BCUT2D eigenvalue weighted by Gasteiger charge is -2.11. The topological polar surface area (TPSA) is 91.8 Å². The summed E-state index contributed by atoms with van der Waals surface area (Å²) in [5, 5.41) is 6.24. The number of hydrogen-bond donors (Lipinski definition) is 3. The molecule has 130 valence electrons. The van der Waals surface area contributed by atoms with Crippen LogP contribution in [0.1, 0.15) is 33.1 Å². The van der Waals surface area contributed by atoms with E-state index < -0.39 is 10.0 Å². The van der Waals surface area contributed by atoms with Crippen molar-refractivity contribution in [3.8, 4) is 0 Å². The molecular weight excluding hydrogens is 304 g/mol. The van der Waals surface area contributed by atoms with Gasteiger partial charge in [0.1, 0.15) is 0 Å². The maximum Gasteiger partial charge on any atom is 0.211 e. The molecular formula is C14H30N4O3S. The first kappa shape index (κ1) is 19.2. The molecule has 0 atom stereocenters. The molecule has 0 amide bonds. The highest BCUT2D eigenvalue weighted by molar-refractivity contribution is 7.89. The average molecular weight is 334 g/mol. The number of nitrogens with zero attached hydrogens (tertiary/aromatic N) is 1. The Bertz CT molecular complexity index is 422. The van der Waals surface area contributed by atoms with Crippen molar-refractivity contribution >= 4 is 16.0 Å². The number of aliphatic imine (C=N–C) groups is 1. The molecule has 3 N–H and O–H groups in total. The summed E-state index contributed by atoms with van der Waals surface area (Å²) in [4.78, 5) is 4.44. The Labute approximate surface area is 134 Å². The van der Waals surface area contributed by atoms with Gasteiger partial charge in [0, 0.05) is 39.4 Å². The maximum absolute atomic E-state index is 11.3. The molecule has 0 heterocycles. The first-order chi connectivity index (χ1) is 10.6. The second kappa shape index (κ2) is 10.8. The van der Waals surface area contributed by atoms with Crippen LogP contribution in [-0.4, -0.2) is 59.5 Å². The lowest BCUT2D eigenvalue weighted by Crippen LogP contribution is -2.41. The summed E-state index contributed by atoms with van der Waals surface area (Å²) in [7, 11) is -3.13. The third-order valence-corrected chi connectivity index (χ3v) is 4.63.